The smallest absolute Gasteiger partial charge is 0.331 e. The summed E-state index contributed by atoms with van der Waals surface area (Å²) in [5, 5.41) is 0. The van der Waals surface area contributed by atoms with Crippen LogP contribution in [0.15, 0.2) is 30.1 Å². The molecule has 0 radical (unpaired) electrons. The Morgan fingerprint density at radius 3 is 2.41 bits per heavy atom. The summed E-state index contributed by atoms with van der Waals surface area (Å²) in [4.78, 5) is 35.5. The number of allylic oxidation sites excluding steroid dienone is 1. The maximum atomic E-state index is 12.0. The van der Waals surface area contributed by atoms with Crippen molar-refractivity contribution in [2.24, 2.45) is 0 Å². The first-order valence-corrected chi connectivity index (χ1v) is 7.17. The molecule has 22 heavy (non-hydrogen) atoms. The van der Waals surface area contributed by atoms with Crippen LogP contribution in [0.2, 0.25) is 0 Å². The second-order valence-electron chi connectivity index (χ2n) is 5.25. The summed E-state index contributed by atoms with van der Waals surface area (Å²) >= 11 is 0. The number of aromatic nitrogens is 2. The Kier molecular flexibility index (Phi) is 5.46. The lowest BCUT2D eigenvalue weighted by atomic mass is 10.3. The van der Waals surface area contributed by atoms with Crippen molar-refractivity contribution < 1.29 is 14.3 Å². The first kappa shape index (κ1) is 15.9. The van der Waals surface area contributed by atoms with E-state index in [1.165, 1.54) is 6.08 Å². The van der Waals surface area contributed by atoms with Crippen LogP contribution < -0.4 is 4.90 Å². The molecule has 0 atom stereocenters. The number of nitrogens with zero attached hydrogens (tertiary/aromatic N) is 4. The van der Waals surface area contributed by atoms with Gasteiger partial charge in [-0.1, -0.05) is 5.57 Å². The molecule has 7 nitrogen and oxygen atoms in total. The SMILES string of the molecule is CC(C)=CC(=O)OCC(=O)N1CCN(c2ncccn2)CC1. The normalized spacial score (nSPS) is 14.5. The van der Waals surface area contributed by atoms with Crippen LogP contribution in [0.1, 0.15) is 13.8 Å². The van der Waals surface area contributed by atoms with Gasteiger partial charge in [0.15, 0.2) is 6.61 Å². The van der Waals surface area contributed by atoms with E-state index in [-0.39, 0.29) is 12.5 Å². The minimum Gasteiger partial charge on any atom is -0.452 e. The number of esters is 1. The van der Waals surface area contributed by atoms with Crippen LogP contribution >= 0.6 is 0 Å². The van der Waals surface area contributed by atoms with Gasteiger partial charge in [0, 0.05) is 44.6 Å². The molecular formula is C15H20N4O3. The molecule has 1 aliphatic rings. The van der Waals surface area contributed by atoms with Crippen LogP contribution in [-0.4, -0.2) is 59.5 Å². The van der Waals surface area contributed by atoms with E-state index in [9.17, 15) is 9.59 Å². The van der Waals surface area contributed by atoms with Crippen molar-refractivity contribution >= 4 is 17.8 Å². The van der Waals surface area contributed by atoms with Crippen molar-refractivity contribution in [3.8, 4) is 0 Å². The zero-order valence-electron chi connectivity index (χ0n) is 12.9. The zero-order valence-corrected chi connectivity index (χ0v) is 12.9. The Morgan fingerprint density at radius 1 is 1.18 bits per heavy atom. The van der Waals surface area contributed by atoms with Gasteiger partial charge in [-0.25, -0.2) is 14.8 Å². The summed E-state index contributed by atoms with van der Waals surface area (Å²) < 4.78 is 4.93. The Morgan fingerprint density at radius 2 is 1.82 bits per heavy atom. The number of anilines is 1. The predicted molar refractivity (Wildman–Crippen MR) is 81.2 cm³/mol. The van der Waals surface area contributed by atoms with Crippen molar-refractivity contribution in [2.75, 3.05) is 37.7 Å². The Labute approximate surface area is 129 Å². The fraction of sp³-hybridized carbons (Fsp3) is 0.467. The topological polar surface area (TPSA) is 75.6 Å². The molecule has 2 rings (SSSR count). The number of hydrogen-bond acceptors (Lipinski definition) is 6. The Balaban J connectivity index is 1.78. The molecule has 0 N–H and O–H groups in total. The van der Waals surface area contributed by atoms with Crippen LogP contribution in [0, 0.1) is 0 Å². The van der Waals surface area contributed by atoms with Gasteiger partial charge in [0.05, 0.1) is 0 Å². The van der Waals surface area contributed by atoms with Crippen LogP contribution in [0.25, 0.3) is 0 Å². The van der Waals surface area contributed by atoms with Gasteiger partial charge in [0.2, 0.25) is 5.95 Å². The third-order valence-corrected chi connectivity index (χ3v) is 3.21. The van der Waals surface area contributed by atoms with E-state index >= 15 is 0 Å². The van der Waals surface area contributed by atoms with E-state index in [0.717, 1.165) is 5.57 Å². The van der Waals surface area contributed by atoms with Crippen LogP contribution in [0.3, 0.4) is 0 Å². The van der Waals surface area contributed by atoms with Crippen molar-refractivity contribution in [1.82, 2.24) is 14.9 Å². The van der Waals surface area contributed by atoms with Gasteiger partial charge < -0.3 is 14.5 Å². The highest BCUT2D eigenvalue weighted by molar-refractivity contribution is 5.86. The van der Waals surface area contributed by atoms with Gasteiger partial charge >= 0.3 is 5.97 Å². The van der Waals surface area contributed by atoms with Gasteiger partial charge in [-0.2, -0.15) is 0 Å². The summed E-state index contributed by atoms with van der Waals surface area (Å²) in [6.45, 7) is 5.84. The molecule has 0 spiro atoms. The summed E-state index contributed by atoms with van der Waals surface area (Å²) in [7, 11) is 0. The predicted octanol–water partition coefficient (Wildman–Crippen LogP) is 0.635. The molecule has 1 fully saturated rings. The van der Waals surface area contributed by atoms with Crippen molar-refractivity contribution in [2.45, 2.75) is 13.8 Å². The van der Waals surface area contributed by atoms with Crippen molar-refractivity contribution in [3.05, 3.63) is 30.1 Å². The van der Waals surface area contributed by atoms with E-state index in [2.05, 4.69) is 9.97 Å². The number of ether oxygens (including phenoxy) is 1. The number of amides is 1. The van der Waals surface area contributed by atoms with Gasteiger partial charge in [-0.3, -0.25) is 4.79 Å². The van der Waals surface area contributed by atoms with Gasteiger partial charge in [-0.05, 0) is 19.9 Å². The molecule has 1 saturated heterocycles. The molecule has 7 heteroatoms. The van der Waals surface area contributed by atoms with Gasteiger partial charge in [0.1, 0.15) is 0 Å². The number of carbonyl (C=O) groups is 2. The number of piperazine rings is 1. The lowest BCUT2D eigenvalue weighted by Crippen LogP contribution is -2.50. The van der Waals surface area contributed by atoms with Crippen LogP contribution in [0.4, 0.5) is 5.95 Å². The van der Waals surface area contributed by atoms with E-state index in [4.69, 9.17) is 4.74 Å². The van der Waals surface area contributed by atoms with Crippen LogP contribution in [-0.2, 0) is 14.3 Å². The van der Waals surface area contributed by atoms with Crippen LogP contribution in [0.5, 0.6) is 0 Å². The Hall–Kier alpha value is -2.44. The fourth-order valence-electron chi connectivity index (χ4n) is 2.11. The van der Waals surface area contributed by atoms with E-state index in [1.807, 2.05) is 4.90 Å². The molecule has 1 aliphatic heterocycles. The second kappa shape index (κ2) is 7.53. The van der Waals surface area contributed by atoms with Crippen molar-refractivity contribution in [3.63, 3.8) is 0 Å². The maximum Gasteiger partial charge on any atom is 0.331 e. The third-order valence-electron chi connectivity index (χ3n) is 3.21. The zero-order chi connectivity index (χ0) is 15.9. The molecule has 0 bridgehead atoms. The maximum absolute atomic E-state index is 12.0. The van der Waals surface area contributed by atoms with E-state index in [1.54, 1.807) is 37.2 Å². The molecule has 0 unspecified atom stereocenters. The summed E-state index contributed by atoms with van der Waals surface area (Å²) in [6, 6.07) is 1.77. The molecule has 0 aliphatic carbocycles. The summed E-state index contributed by atoms with van der Waals surface area (Å²) in [5.41, 5.74) is 0.842. The minimum atomic E-state index is -0.482. The first-order chi connectivity index (χ1) is 10.6. The molecular weight excluding hydrogens is 284 g/mol. The lowest BCUT2D eigenvalue weighted by Gasteiger charge is -2.34. The van der Waals surface area contributed by atoms with E-state index in [0.29, 0.717) is 32.1 Å². The van der Waals surface area contributed by atoms with Gasteiger partial charge in [-0.15, -0.1) is 0 Å². The molecule has 118 valence electrons. The molecule has 0 saturated carbocycles. The van der Waals surface area contributed by atoms with E-state index < -0.39 is 5.97 Å². The molecule has 1 amide bonds. The largest absolute Gasteiger partial charge is 0.452 e. The molecule has 1 aromatic rings. The monoisotopic (exact) mass is 304 g/mol. The fourth-order valence-corrected chi connectivity index (χ4v) is 2.11. The quantitative estimate of drug-likeness (QED) is 0.600. The molecule has 1 aromatic heterocycles. The second-order valence-corrected chi connectivity index (χ2v) is 5.25. The summed E-state index contributed by atoms with van der Waals surface area (Å²) in [6.07, 6.45) is 4.77. The number of rotatable bonds is 4. The van der Waals surface area contributed by atoms with Crippen molar-refractivity contribution in [1.29, 1.82) is 0 Å². The Bertz CT molecular complexity index is 547. The third kappa shape index (κ3) is 4.54. The number of carbonyl (C=O) groups excluding carboxylic acids is 2. The highest BCUT2D eigenvalue weighted by Crippen LogP contribution is 2.09. The average Bonchev–Trinajstić information content (AvgIpc) is 2.53. The summed E-state index contributed by atoms with van der Waals surface area (Å²) in [5.74, 6) is 0.0124. The minimum absolute atomic E-state index is 0.177. The average molecular weight is 304 g/mol. The molecule has 0 aromatic carbocycles. The first-order valence-electron chi connectivity index (χ1n) is 7.17. The standard InChI is InChI=1S/C15H20N4O3/c1-12(2)10-14(21)22-11-13(20)18-6-8-19(9-7-18)15-16-4-3-5-17-15/h3-5,10H,6-9,11H2,1-2H3. The van der Waals surface area contributed by atoms with Gasteiger partial charge in [0.25, 0.3) is 5.91 Å². The number of hydrogen-bond donors (Lipinski definition) is 0. The lowest BCUT2D eigenvalue weighted by molar-refractivity contribution is -0.148. The highest BCUT2D eigenvalue weighted by atomic mass is 16.5. The molecule has 2 heterocycles. The highest BCUT2D eigenvalue weighted by Gasteiger charge is 2.22.